The van der Waals surface area contributed by atoms with Crippen LogP contribution < -0.4 is 16.2 Å². The standard InChI is InChI=1S/C12H17BrN4O4/c1-20-9-5-14-3-7(9)16-8-4-15-17(6-10(18)21-2)12(19)11(8)13/h4,7,9,14,16H,3,5-6H2,1-2H3/t7?,9-/m0/s1. The number of methoxy groups -OCH3 is 2. The van der Waals surface area contributed by atoms with Crippen molar-refractivity contribution in [2.45, 2.75) is 18.7 Å². The molecule has 21 heavy (non-hydrogen) atoms. The van der Waals surface area contributed by atoms with Crippen LogP contribution in [0.1, 0.15) is 0 Å². The van der Waals surface area contributed by atoms with Gasteiger partial charge in [0.05, 0.1) is 31.1 Å². The Kier molecular flexibility index (Phi) is 5.32. The van der Waals surface area contributed by atoms with E-state index in [0.29, 0.717) is 10.2 Å². The fourth-order valence-electron chi connectivity index (χ4n) is 2.11. The summed E-state index contributed by atoms with van der Waals surface area (Å²) in [5, 5.41) is 10.4. The second-order valence-corrected chi connectivity index (χ2v) is 5.39. The molecule has 0 saturated carbocycles. The minimum absolute atomic E-state index is 0.0226. The molecule has 1 aliphatic heterocycles. The van der Waals surface area contributed by atoms with Crippen LogP contribution in [0.4, 0.5) is 5.69 Å². The number of anilines is 1. The molecule has 0 aromatic carbocycles. The third kappa shape index (κ3) is 3.60. The monoisotopic (exact) mass is 360 g/mol. The second-order valence-electron chi connectivity index (χ2n) is 4.59. The first-order valence-electron chi connectivity index (χ1n) is 6.39. The quantitative estimate of drug-likeness (QED) is 0.688. The maximum Gasteiger partial charge on any atom is 0.327 e. The van der Waals surface area contributed by atoms with Crippen molar-refractivity contribution in [3.8, 4) is 0 Å². The first-order chi connectivity index (χ1) is 10.1. The van der Waals surface area contributed by atoms with E-state index in [1.165, 1.54) is 13.3 Å². The van der Waals surface area contributed by atoms with Gasteiger partial charge in [0.15, 0.2) is 0 Å². The SMILES string of the molecule is COC(=O)Cn1ncc(NC2CNC[C@@H]2OC)c(Br)c1=O. The molecule has 0 aliphatic carbocycles. The van der Waals surface area contributed by atoms with Gasteiger partial charge in [0.2, 0.25) is 0 Å². The van der Waals surface area contributed by atoms with Crippen LogP contribution in [0.15, 0.2) is 15.5 Å². The third-order valence-electron chi connectivity index (χ3n) is 3.29. The molecule has 1 aromatic rings. The number of nitrogens with zero attached hydrogens (tertiary/aromatic N) is 2. The number of carbonyl (C=O) groups is 1. The van der Waals surface area contributed by atoms with Crippen molar-refractivity contribution >= 4 is 27.6 Å². The van der Waals surface area contributed by atoms with E-state index in [0.717, 1.165) is 17.8 Å². The highest BCUT2D eigenvalue weighted by Gasteiger charge is 2.27. The number of esters is 1. The Hall–Kier alpha value is -1.45. The number of ether oxygens (including phenoxy) is 2. The molecular formula is C12H17BrN4O4. The van der Waals surface area contributed by atoms with Crippen LogP contribution >= 0.6 is 15.9 Å². The summed E-state index contributed by atoms with van der Waals surface area (Å²) in [7, 11) is 2.91. The van der Waals surface area contributed by atoms with Gasteiger partial charge >= 0.3 is 5.97 Å². The Labute approximate surface area is 129 Å². The molecule has 1 aliphatic rings. The summed E-state index contributed by atoms with van der Waals surface area (Å²) in [6.45, 7) is 1.26. The van der Waals surface area contributed by atoms with Gasteiger partial charge in [-0.2, -0.15) is 5.10 Å². The number of aromatic nitrogens is 2. The van der Waals surface area contributed by atoms with Crippen LogP contribution in [0, 0.1) is 0 Å². The molecule has 1 aromatic heterocycles. The summed E-state index contributed by atoms with van der Waals surface area (Å²) < 4.78 is 11.2. The van der Waals surface area contributed by atoms with E-state index in [-0.39, 0.29) is 18.7 Å². The second kappa shape index (κ2) is 7.01. The zero-order chi connectivity index (χ0) is 15.4. The molecule has 2 heterocycles. The van der Waals surface area contributed by atoms with Crippen LogP contribution in [0.25, 0.3) is 0 Å². The predicted molar refractivity (Wildman–Crippen MR) is 79.3 cm³/mol. The highest BCUT2D eigenvalue weighted by Crippen LogP contribution is 2.19. The van der Waals surface area contributed by atoms with E-state index in [1.807, 2.05) is 0 Å². The van der Waals surface area contributed by atoms with E-state index >= 15 is 0 Å². The van der Waals surface area contributed by atoms with Gasteiger partial charge in [-0.15, -0.1) is 0 Å². The highest BCUT2D eigenvalue weighted by atomic mass is 79.9. The summed E-state index contributed by atoms with van der Waals surface area (Å²) in [4.78, 5) is 23.3. The summed E-state index contributed by atoms with van der Waals surface area (Å²) in [5.41, 5.74) is 0.169. The summed E-state index contributed by atoms with van der Waals surface area (Å²) in [5.74, 6) is -0.531. The van der Waals surface area contributed by atoms with Gasteiger partial charge in [-0.1, -0.05) is 0 Å². The van der Waals surface area contributed by atoms with Crippen molar-refractivity contribution < 1.29 is 14.3 Å². The topological polar surface area (TPSA) is 94.5 Å². The molecule has 1 saturated heterocycles. The van der Waals surface area contributed by atoms with Crippen LogP contribution in [0.3, 0.4) is 0 Å². The largest absolute Gasteiger partial charge is 0.468 e. The number of nitrogens with one attached hydrogen (secondary N) is 2. The zero-order valence-corrected chi connectivity index (χ0v) is 13.3. The van der Waals surface area contributed by atoms with Gasteiger partial charge in [-0.05, 0) is 15.9 Å². The van der Waals surface area contributed by atoms with Gasteiger partial charge in [0.25, 0.3) is 5.56 Å². The van der Waals surface area contributed by atoms with E-state index < -0.39 is 11.5 Å². The number of hydrogen-bond acceptors (Lipinski definition) is 7. The average Bonchev–Trinajstić information content (AvgIpc) is 2.94. The zero-order valence-electron chi connectivity index (χ0n) is 11.8. The molecule has 9 heteroatoms. The lowest BCUT2D eigenvalue weighted by atomic mass is 10.2. The Balaban J connectivity index is 2.17. The molecule has 2 N–H and O–H groups in total. The fourth-order valence-corrected chi connectivity index (χ4v) is 2.53. The summed E-state index contributed by atoms with van der Waals surface area (Å²) in [6, 6.07) is 0.0453. The van der Waals surface area contributed by atoms with Crippen molar-refractivity contribution in [2.75, 3.05) is 32.6 Å². The van der Waals surface area contributed by atoms with E-state index in [9.17, 15) is 9.59 Å². The van der Waals surface area contributed by atoms with E-state index in [1.54, 1.807) is 7.11 Å². The van der Waals surface area contributed by atoms with Gasteiger partial charge in [-0.3, -0.25) is 9.59 Å². The molecule has 2 rings (SSSR count). The number of halogens is 1. The first kappa shape index (κ1) is 15.9. The smallest absolute Gasteiger partial charge is 0.327 e. The number of rotatable bonds is 5. The minimum Gasteiger partial charge on any atom is -0.468 e. The van der Waals surface area contributed by atoms with Crippen LogP contribution in [-0.4, -0.2) is 55.2 Å². The molecule has 0 radical (unpaired) electrons. The molecule has 0 spiro atoms. The maximum atomic E-state index is 12.1. The lowest BCUT2D eigenvalue weighted by molar-refractivity contribution is -0.141. The Morgan fingerprint density at radius 1 is 1.57 bits per heavy atom. The number of hydrogen-bond donors (Lipinski definition) is 2. The van der Waals surface area contributed by atoms with Crippen molar-refractivity contribution in [3.05, 3.63) is 21.0 Å². The summed E-state index contributed by atoms with van der Waals surface area (Å²) >= 11 is 3.24. The normalized spacial score (nSPS) is 21.3. The maximum absolute atomic E-state index is 12.1. The van der Waals surface area contributed by atoms with Crippen LogP contribution in [-0.2, 0) is 20.8 Å². The molecule has 1 fully saturated rings. The van der Waals surface area contributed by atoms with Crippen molar-refractivity contribution in [1.82, 2.24) is 15.1 Å². The summed E-state index contributed by atoms with van der Waals surface area (Å²) in [6.07, 6.45) is 1.52. The van der Waals surface area contributed by atoms with Gasteiger partial charge in [0.1, 0.15) is 11.0 Å². The van der Waals surface area contributed by atoms with Gasteiger partial charge in [0, 0.05) is 20.2 Å². The van der Waals surface area contributed by atoms with Crippen molar-refractivity contribution in [2.24, 2.45) is 0 Å². The Morgan fingerprint density at radius 2 is 2.33 bits per heavy atom. The van der Waals surface area contributed by atoms with Crippen LogP contribution in [0.2, 0.25) is 0 Å². The van der Waals surface area contributed by atoms with E-state index in [4.69, 9.17) is 4.74 Å². The minimum atomic E-state index is -0.531. The van der Waals surface area contributed by atoms with Gasteiger partial charge in [-0.25, -0.2) is 4.68 Å². The lowest BCUT2D eigenvalue weighted by Crippen LogP contribution is -2.35. The van der Waals surface area contributed by atoms with Crippen LogP contribution in [0.5, 0.6) is 0 Å². The Morgan fingerprint density at radius 3 is 3.00 bits per heavy atom. The third-order valence-corrected chi connectivity index (χ3v) is 4.06. The van der Waals surface area contributed by atoms with Crippen molar-refractivity contribution in [1.29, 1.82) is 0 Å². The molecular weight excluding hydrogens is 344 g/mol. The average molecular weight is 361 g/mol. The lowest BCUT2D eigenvalue weighted by Gasteiger charge is -2.20. The Bertz CT molecular complexity index is 577. The molecule has 0 bridgehead atoms. The molecule has 116 valence electrons. The molecule has 1 unspecified atom stereocenters. The molecule has 0 amide bonds. The highest BCUT2D eigenvalue weighted by molar-refractivity contribution is 9.10. The van der Waals surface area contributed by atoms with E-state index in [2.05, 4.69) is 36.4 Å². The predicted octanol–water partition coefficient (Wildman–Crippen LogP) is -0.422. The fraction of sp³-hybridized carbons (Fsp3) is 0.583. The molecule has 8 nitrogen and oxygen atoms in total. The molecule has 2 atom stereocenters. The number of carbonyl (C=O) groups excluding carboxylic acids is 1. The first-order valence-corrected chi connectivity index (χ1v) is 7.18. The van der Waals surface area contributed by atoms with Gasteiger partial charge < -0.3 is 20.1 Å². The van der Waals surface area contributed by atoms with Crippen molar-refractivity contribution in [3.63, 3.8) is 0 Å².